The van der Waals surface area contributed by atoms with E-state index in [1.165, 1.54) is 0 Å². The third-order valence-electron chi connectivity index (χ3n) is 3.12. The minimum atomic E-state index is 0.641. The number of guanidine groups is 1. The van der Waals surface area contributed by atoms with E-state index >= 15 is 0 Å². The molecule has 0 atom stereocenters. The Labute approximate surface area is 145 Å². The van der Waals surface area contributed by atoms with Crippen molar-refractivity contribution in [1.82, 2.24) is 10.6 Å². The van der Waals surface area contributed by atoms with Gasteiger partial charge in [0.1, 0.15) is 5.75 Å². The zero-order valence-electron chi connectivity index (χ0n) is 14.9. The van der Waals surface area contributed by atoms with Crippen LogP contribution in [0, 0.1) is 0 Å². The molecule has 0 amide bonds. The Hall–Kier alpha value is -1.79. The van der Waals surface area contributed by atoms with Gasteiger partial charge in [0, 0.05) is 39.8 Å². The third-order valence-corrected chi connectivity index (χ3v) is 3.12. The Morgan fingerprint density at radius 1 is 1.00 bits per heavy atom. The van der Waals surface area contributed by atoms with Crippen LogP contribution in [-0.2, 0) is 9.47 Å². The van der Waals surface area contributed by atoms with Gasteiger partial charge in [0.15, 0.2) is 5.96 Å². The third kappa shape index (κ3) is 10.9. The lowest BCUT2D eigenvalue weighted by Crippen LogP contribution is -2.38. The average Bonchev–Trinajstić information content (AvgIpc) is 2.61. The van der Waals surface area contributed by atoms with Gasteiger partial charge < -0.3 is 24.8 Å². The highest BCUT2D eigenvalue weighted by Crippen LogP contribution is 2.08. The summed E-state index contributed by atoms with van der Waals surface area (Å²) >= 11 is 0. The molecule has 24 heavy (non-hydrogen) atoms. The summed E-state index contributed by atoms with van der Waals surface area (Å²) < 4.78 is 16.0. The summed E-state index contributed by atoms with van der Waals surface area (Å²) in [5.74, 6) is 1.74. The van der Waals surface area contributed by atoms with Gasteiger partial charge in [-0.2, -0.15) is 0 Å². The molecule has 1 aromatic carbocycles. The smallest absolute Gasteiger partial charge is 0.191 e. The van der Waals surface area contributed by atoms with Crippen molar-refractivity contribution in [3.63, 3.8) is 0 Å². The fourth-order valence-corrected chi connectivity index (χ4v) is 1.93. The van der Waals surface area contributed by atoms with Crippen molar-refractivity contribution in [2.75, 3.05) is 53.2 Å². The summed E-state index contributed by atoms with van der Waals surface area (Å²) in [5.41, 5.74) is 0. The molecular formula is C18H31N3O3. The van der Waals surface area contributed by atoms with Gasteiger partial charge in [0.2, 0.25) is 0 Å². The quantitative estimate of drug-likeness (QED) is 0.328. The number of para-hydroxylation sites is 1. The van der Waals surface area contributed by atoms with Gasteiger partial charge in [0.25, 0.3) is 0 Å². The highest BCUT2D eigenvalue weighted by molar-refractivity contribution is 5.79. The molecule has 1 aromatic rings. The standard InChI is InChI=1S/C18H31N3O3/c1-3-19-18(20-11-7-13-23-16-15-22-2)21-12-8-14-24-17-9-5-4-6-10-17/h4-6,9-10H,3,7-8,11-16H2,1-2H3,(H2,19,20,21). The molecule has 0 saturated carbocycles. The van der Waals surface area contributed by atoms with E-state index in [2.05, 4.69) is 22.5 Å². The van der Waals surface area contributed by atoms with E-state index in [1.807, 2.05) is 30.3 Å². The van der Waals surface area contributed by atoms with E-state index < -0.39 is 0 Å². The molecule has 0 aliphatic rings. The van der Waals surface area contributed by atoms with Crippen LogP contribution in [0.25, 0.3) is 0 Å². The Morgan fingerprint density at radius 3 is 2.58 bits per heavy atom. The van der Waals surface area contributed by atoms with Crippen LogP contribution in [0.2, 0.25) is 0 Å². The van der Waals surface area contributed by atoms with E-state index in [4.69, 9.17) is 14.2 Å². The Balaban J connectivity index is 2.10. The summed E-state index contributed by atoms with van der Waals surface area (Å²) in [7, 11) is 1.68. The Bertz CT molecular complexity index is 427. The van der Waals surface area contributed by atoms with Gasteiger partial charge in [-0.25, -0.2) is 0 Å². The predicted molar refractivity (Wildman–Crippen MR) is 97.8 cm³/mol. The maximum atomic E-state index is 5.66. The zero-order valence-corrected chi connectivity index (χ0v) is 14.9. The van der Waals surface area contributed by atoms with Gasteiger partial charge in [-0.1, -0.05) is 18.2 Å². The number of rotatable bonds is 13. The lowest BCUT2D eigenvalue weighted by atomic mass is 10.3. The van der Waals surface area contributed by atoms with Gasteiger partial charge in [-0.15, -0.1) is 0 Å². The maximum absolute atomic E-state index is 5.66. The molecule has 0 heterocycles. The second-order valence-electron chi connectivity index (χ2n) is 5.16. The van der Waals surface area contributed by atoms with Crippen LogP contribution in [0.3, 0.4) is 0 Å². The molecule has 2 N–H and O–H groups in total. The number of hydrogen-bond acceptors (Lipinski definition) is 4. The second kappa shape index (κ2) is 14.8. The fourth-order valence-electron chi connectivity index (χ4n) is 1.93. The van der Waals surface area contributed by atoms with Crippen molar-refractivity contribution in [3.05, 3.63) is 30.3 Å². The molecule has 6 heteroatoms. The molecule has 0 spiro atoms. The molecule has 6 nitrogen and oxygen atoms in total. The minimum Gasteiger partial charge on any atom is -0.494 e. The largest absolute Gasteiger partial charge is 0.494 e. The van der Waals surface area contributed by atoms with Gasteiger partial charge in [-0.3, -0.25) is 4.99 Å². The number of ether oxygens (including phenoxy) is 3. The number of hydrogen-bond donors (Lipinski definition) is 2. The Morgan fingerprint density at radius 2 is 1.83 bits per heavy atom. The lowest BCUT2D eigenvalue weighted by molar-refractivity contribution is 0.0698. The van der Waals surface area contributed by atoms with Crippen LogP contribution in [-0.4, -0.2) is 59.1 Å². The molecule has 0 aromatic heterocycles. The first-order valence-corrected chi connectivity index (χ1v) is 8.63. The van der Waals surface area contributed by atoms with Crippen molar-refractivity contribution >= 4 is 5.96 Å². The van der Waals surface area contributed by atoms with Crippen molar-refractivity contribution in [2.45, 2.75) is 19.8 Å². The number of aliphatic imine (C=N–C) groups is 1. The van der Waals surface area contributed by atoms with Crippen LogP contribution in [0.4, 0.5) is 0 Å². The highest BCUT2D eigenvalue weighted by atomic mass is 16.5. The second-order valence-corrected chi connectivity index (χ2v) is 5.16. The normalized spacial score (nSPS) is 11.3. The van der Waals surface area contributed by atoms with Crippen LogP contribution < -0.4 is 15.4 Å². The lowest BCUT2D eigenvalue weighted by Gasteiger charge is -2.11. The molecule has 0 radical (unpaired) electrons. The van der Waals surface area contributed by atoms with E-state index in [0.29, 0.717) is 19.8 Å². The van der Waals surface area contributed by atoms with Gasteiger partial charge in [-0.05, 0) is 25.5 Å². The van der Waals surface area contributed by atoms with Gasteiger partial charge in [0.05, 0.1) is 19.8 Å². The van der Waals surface area contributed by atoms with Crippen molar-refractivity contribution < 1.29 is 14.2 Å². The number of benzene rings is 1. The summed E-state index contributed by atoms with van der Waals surface area (Å²) in [4.78, 5) is 4.55. The van der Waals surface area contributed by atoms with Crippen molar-refractivity contribution in [3.8, 4) is 5.75 Å². The maximum Gasteiger partial charge on any atom is 0.191 e. The van der Waals surface area contributed by atoms with Crippen LogP contribution in [0.15, 0.2) is 35.3 Å². The summed E-state index contributed by atoms with van der Waals surface area (Å²) in [6, 6.07) is 9.85. The molecule has 0 fully saturated rings. The van der Waals surface area contributed by atoms with E-state index in [-0.39, 0.29) is 0 Å². The summed E-state index contributed by atoms with van der Waals surface area (Å²) in [6.45, 7) is 7.14. The zero-order chi connectivity index (χ0) is 17.3. The van der Waals surface area contributed by atoms with Crippen LogP contribution >= 0.6 is 0 Å². The molecule has 0 bridgehead atoms. The van der Waals surface area contributed by atoms with E-state index in [1.54, 1.807) is 7.11 Å². The summed E-state index contributed by atoms with van der Waals surface area (Å²) in [6.07, 6.45) is 1.82. The first-order chi connectivity index (χ1) is 11.9. The molecule has 0 aliphatic heterocycles. The summed E-state index contributed by atoms with van der Waals surface area (Å²) in [5, 5.41) is 6.55. The molecule has 1 rings (SSSR count). The monoisotopic (exact) mass is 337 g/mol. The number of methoxy groups -OCH3 is 1. The molecule has 136 valence electrons. The van der Waals surface area contributed by atoms with Crippen molar-refractivity contribution in [2.24, 2.45) is 4.99 Å². The van der Waals surface area contributed by atoms with E-state index in [9.17, 15) is 0 Å². The topological polar surface area (TPSA) is 64.1 Å². The van der Waals surface area contributed by atoms with Crippen LogP contribution in [0.5, 0.6) is 5.75 Å². The fraction of sp³-hybridized carbons (Fsp3) is 0.611. The molecule has 0 aliphatic carbocycles. The number of nitrogens with one attached hydrogen (secondary N) is 2. The van der Waals surface area contributed by atoms with Crippen molar-refractivity contribution in [1.29, 1.82) is 0 Å². The average molecular weight is 337 g/mol. The molecule has 0 unspecified atom stereocenters. The molecular weight excluding hydrogens is 306 g/mol. The molecule has 0 saturated heterocycles. The first kappa shape index (κ1) is 20.3. The SMILES string of the molecule is CCNC(=NCCCOc1ccccc1)NCCCOCCOC. The first-order valence-electron chi connectivity index (χ1n) is 8.63. The number of nitrogens with zero attached hydrogens (tertiary/aromatic N) is 1. The van der Waals surface area contributed by atoms with Gasteiger partial charge >= 0.3 is 0 Å². The van der Waals surface area contributed by atoms with Crippen LogP contribution in [0.1, 0.15) is 19.8 Å². The highest BCUT2D eigenvalue weighted by Gasteiger charge is 1.97. The Kier molecular flexibility index (Phi) is 12.5. The van der Waals surface area contributed by atoms with E-state index in [0.717, 1.165) is 50.8 Å². The predicted octanol–water partition coefficient (Wildman–Crippen LogP) is 2.06. The minimum absolute atomic E-state index is 0.641.